The van der Waals surface area contributed by atoms with Crippen LogP contribution >= 0.6 is 15.9 Å². The second-order valence-electron chi connectivity index (χ2n) is 13.0. The van der Waals surface area contributed by atoms with E-state index in [0.717, 1.165) is 12.8 Å². The summed E-state index contributed by atoms with van der Waals surface area (Å²) in [7, 11) is 0. The maximum atomic E-state index is 14.6. The van der Waals surface area contributed by atoms with E-state index < -0.39 is 59.6 Å². The van der Waals surface area contributed by atoms with Crippen molar-refractivity contribution < 1.29 is 33.8 Å². The number of amides is 3. The topological polar surface area (TPSA) is 125 Å². The summed E-state index contributed by atoms with van der Waals surface area (Å²) in [6, 6.07) is 6.78. The van der Waals surface area contributed by atoms with E-state index >= 15 is 0 Å². The molecule has 3 fully saturated rings. The molecule has 0 aliphatic carbocycles. The number of hydrogen-bond donors (Lipinski definition) is 2. The Morgan fingerprint density at radius 2 is 1.91 bits per heavy atom. The van der Waals surface area contributed by atoms with Crippen molar-refractivity contribution >= 4 is 39.6 Å². The van der Waals surface area contributed by atoms with Crippen LogP contribution in [-0.2, 0) is 28.7 Å². The first-order valence-electron chi connectivity index (χ1n) is 16.8. The molecule has 4 rings (SSSR count). The highest BCUT2D eigenvalue weighted by Gasteiger charge is 2.77. The van der Waals surface area contributed by atoms with Crippen molar-refractivity contribution in [2.24, 2.45) is 11.8 Å². The van der Waals surface area contributed by atoms with E-state index in [1.54, 1.807) is 24.0 Å². The van der Waals surface area contributed by atoms with Gasteiger partial charge in [-0.1, -0.05) is 78.7 Å². The zero-order valence-electron chi connectivity index (χ0n) is 28.0. The normalized spacial score (nSPS) is 28.6. The molecular weight excluding hydrogens is 666 g/mol. The van der Waals surface area contributed by atoms with E-state index in [0.29, 0.717) is 24.8 Å². The predicted molar refractivity (Wildman–Crippen MR) is 182 cm³/mol. The first-order valence-corrected chi connectivity index (χ1v) is 17.7. The van der Waals surface area contributed by atoms with Crippen molar-refractivity contribution in [3.8, 4) is 0 Å². The second kappa shape index (κ2) is 15.9. The smallest absolute Gasteiger partial charge is 0.313 e. The number of aliphatic hydroxyl groups excluding tert-OH is 1. The lowest BCUT2D eigenvalue weighted by molar-refractivity contribution is -0.162. The number of rotatable bonds is 17. The van der Waals surface area contributed by atoms with Crippen LogP contribution < -0.4 is 5.32 Å². The fourth-order valence-electron chi connectivity index (χ4n) is 7.72. The fourth-order valence-corrected chi connectivity index (χ4v) is 8.66. The Bertz CT molecular complexity index is 1310. The molecule has 3 saturated heterocycles. The Morgan fingerprint density at radius 3 is 2.51 bits per heavy atom. The fraction of sp³-hybridized carbons (Fsp3) is 0.611. The summed E-state index contributed by atoms with van der Waals surface area (Å²) >= 11 is 3.72. The zero-order chi connectivity index (χ0) is 34.5. The van der Waals surface area contributed by atoms with Gasteiger partial charge in [-0.05, 0) is 45.1 Å². The van der Waals surface area contributed by atoms with Gasteiger partial charge in [0.05, 0.1) is 36.6 Å². The number of allylic oxidation sites excluding steroid dienone is 1. The maximum Gasteiger partial charge on any atom is 0.313 e. The minimum atomic E-state index is -1.29. The predicted octanol–water partition coefficient (Wildman–Crippen LogP) is 4.46. The number of nitrogens with zero attached hydrogens (tertiary/aromatic N) is 2. The van der Waals surface area contributed by atoms with Crippen LogP contribution in [0.3, 0.4) is 0 Å². The number of hydrogen-bond acceptors (Lipinski definition) is 7. The summed E-state index contributed by atoms with van der Waals surface area (Å²) in [4.78, 5) is 59.1. The molecule has 0 radical (unpaired) electrons. The number of benzene rings is 1. The van der Waals surface area contributed by atoms with E-state index in [1.807, 2.05) is 44.2 Å². The third kappa shape index (κ3) is 7.08. The number of alkyl halides is 1. The molecule has 2 bridgehead atoms. The standard InChI is InChI=1S/C36H50BrN3O7/c1-7-11-18-27(42)38-23(6)30(24-16-13-12-14-17-24)46-35(45)28-29-33(43)40(25(10-4)21-41)32(36(29)20-26(37)31(28)47-36)34(44)39(19-9-3)22(5)15-8-2/h7,9,12-14,16-17,22-23,25-26,28-32,41H,1,3,8,10-11,15,18-21H2,2,4-6H3,(H,38,42)/t22?,23-,25-,26?,28+,29-,30-,31+,32+,36-/m0/s1. The van der Waals surface area contributed by atoms with Gasteiger partial charge in [-0.2, -0.15) is 0 Å². The van der Waals surface area contributed by atoms with Crippen LogP contribution in [0.15, 0.2) is 55.6 Å². The van der Waals surface area contributed by atoms with Crippen molar-refractivity contribution in [2.75, 3.05) is 13.2 Å². The molecule has 3 aliphatic rings. The van der Waals surface area contributed by atoms with Crippen LogP contribution in [0.4, 0.5) is 0 Å². The van der Waals surface area contributed by atoms with Crippen molar-refractivity contribution in [1.29, 1.82) is 0 Å². The average molecular weight is 717 g/mol. The number of nitrogens with one attached hydrogen (secondary N) is 1. The van der Waals surface area contributed by atoms with Crippen molar-refractivity contribution in [2.45, 2.75) is 113 Å². The molecule has 10 nitrogen and oxygen atoms in total. The summed E-state index contributed by atoms with van der Waals surface area (Å²) < 4.78 is 12.9. The summed E-state index contributed by atoms with van der Waals surface area (Å²) in [5, 5.41) is 13.4. The lowest BCUT2D eigenvalue weighted by Crippen LogP contribution is -2.60. The second-order valence-corrected chi connectivity index (χ2v) is 14.2. The molecule has 10 atom stereocenters. The lowest BCUT2D eigenvalue weighted by atomic mass is 9.70. The minimum absolute atomic E-state index is 0.124. The molecule has 1 aromatic rings. The molecule has 1 spiro atoms. The Kier molecular flexibility index (Phi) is 12.5. The van der Waals surface area contributed by atoms with Gasteiger partial charge >= 0.3 is 5.97 Å². The van der Waals surface area contributed by atoms with Gasteiger partial charge in [0.15, 0.2) is 0 Å². The summed E-state index contributed by atoms with van der Waals surface area (Å²) in [6.07, 6.45) is 4.93. The highest BCUT2D eigenvalue weighted by molar-refractivity contribution is 9.09. The van der Waals surface area contributed by atoms with E-state index in [-0.39, 0.29) is 42.3 Å². The number of carbonyl (C=O) groups is 4. The quantitative estimate of drug-likeness (QED) is 0.139. The van der Waals surface area contributed by atoms with Crippen LogP contribution in [0.5, 0.6) is 0 Å². The van der Waals surface area contributed by atoms with Gasteiger partial charge in [-0.25, -0.2) is 0 Å². The van der Waals surface area contributed by atoms with Crippen molar-refractivity contribution in [3.05, 3.63) is 61.2 Å². The molecular formula is C36H50BrN3O7. The first kappa shape index (κ1) is 36.8. The molecule has 47 heavy (non-hydrogen) atoms. The monoisotopic (exact) mass is 715 g/mol. The number of likely N-dealkylation sites (tertiary alicyclic amines) is 1. The number of aliphatic hydroxyl groups is 1. The van der Waals surface area contributed by atoms with Gasteiger partial charge in [0.25, 0.3) is 0 Å². The molecule has 3 aliphatic heterocycles. The van der Waals surface area contributed by atoms with Crippen molar-refractivity contribution in [1.82, 2.24) is 15.1 Å². The van der Waals surface area contributed by atoms with Crippen LogP contribution in [0.25, 0.3) is 0 Å². The zero-order valence-corrected chi connectivity index (χ0v) is 29.6. The van der Waals surface area contributed by atoms with Gasteiger partial charge in [-0.15, -0.1) is 13.2 Å². The molecule has 0 saturated carbocycles. The number of halogens is 1. The number of esters is 1. The largest absolute Gasteiger partial charge is 0.455 e. The van der Waals surface area contributed by atoms with Crippen LogP contribution in [0.1, 0.15) is 77.9 Å². The number of carbonyl (C=O) groups excluding carboxylic acids is 4. The average Bonchev–Trinajstić information content (AvgIpc) is 3.65. The summed E-state index contributed by atoms with van der Waals surface area (Å²) in [5.74, 6) is -3.49. The van der Waals surface area contributed by atoms with E-state index in [1.165, 1.54) is 4.90 Å². The first-order chi connectivity index (χ1) is 22.5. The van der Waals surface area contributed by atoms with Crippen LogP contribution in [0.2, 0.25) is 0 Å². The highest BCUT2D eigenvalue weighted by atomic mass is 79.9. The van der Waals surface area contributed by atoms with Gasteiger partial charge < -0.3 is 29.7 Å². The van der Waals surface area contributed by atoms with Crippen LogP contribution in [0, 0.1) is 11.8 Å². The molecule has 3 heterocycles. The SMILES string of the molecule is C=CCCC(=O)N[C@@H](C)[C@H](OC(=O)[C@H]1[C@@H]2O[C@@]3(CC2Br)[C@@H]1C(=O)N([C@@H](CC)CO)[C@@H]3C(=O)N(CC=C)C(C)CCC)c1ccccc1. The Balaban J connectivity index is 1.73. The number of ether oxygens (including phenoxy) is 2. The van der Waals surface area contributed by atoms with Crippen molar-refractivity contribution in [3.63, 3.8) is 0 Å². The molecule has 3 amide bonds. The van der Waals surface area contributed by atoms with E-state index in [4.69, 9.17) is 9.47 Å². The third-order valence-corrected chi connectivity index (χ3v) is 10.8. The van der Waals surface area contributed by atoms with Gasteiger partial charge in [-0.3, -0.25) is 19.2 Å². The summed E-state index contributed by atoms with van der Waals surface area (Å²) in [6.45, 7) is 15.2. The van der Waals surface area contributed by atoms with Gasteiger partial charge in [0.2, 0.25) is 17.7 Å². The molecule has 1 aromatic carbocycles. The Labute approximate surface area is 287 Å². The maximum absolute atomic E-state index is 14.6. The molecule has 0 aromatic heterocycles. The van der Waals surface area contributed by atoms with E-state index in [9.17, 15) is 24.3 Å². The molecule has 11 heteroatoms. The third-order valence-electron chi connectivity index (χ3n) is 9.95. The number of fused-ring (bicyclic) bond motifs is 1. The molecule has 258 valence electrons. The summed E-state index contributed by atoms with van der Waals surface area (Å²) in [5.41, 5.74) is -0.604. The minimum Gasteiger partial charge on any atom is -0.455 e. The Morgan fingerprint density at radius 1 is 1.21 bits per heavy atom. The van der Waals surface area contributed by atoms with Gasteiger partial charge in [0.1, 0.15) is 17.7 Å². The van der Waals surface area contributed by atoms with E-state index in [2.05, 4.69) is 41.3 Å². The molecule has 2 unspecified atom stereocenters. The molecule has 2 N–H and O–H groups in total. The Hall–Kier alpha value is -3.02. The van der Waals surface area contributed by atoms with Crippen LogP contribution in [-0.4, -0.2) is 92.4 Å². The van der Waals surface area contributed by atoms with Gasteiger partial charge in [0, 0.05) is 23.8 Å². The highest BCUT2D eigenvalue weighted by Crippen LogP contribution is 2.61. The lowest BCUT2D eigenvalue weighted by Gasteiger charge is -2.40.